The Kier molecular flexibility index (Phi) is 16.7. The van der Waals surface area contributed by atoms with Crippen LogP contribution in [-0.4, -0.2) is 11.9 Å². The van der Waals surface area contributed by atoms with Crippen molar-refractivity contribution in [3.05, 3.63) is 43.8 Å². The number of unbranched alkanes of at least 4 members (excludes halogenated alkanes) is 18. The molecule has 0 saturated carbocycles. The van der Waals surface area contributed by atoms with E-state index in [1.165, 1.54) is 138 Å². The molecule has 0 aliphatic carbocycles. The van der Waals surface area contributed by atoms with Crippen LogP contribution in [0.3, 0.4) is 0 Å². The third-order valence-corrected chi connectivity index (χ3v) is 10.5. The molecule has 0 unspecified atom stereocenters. The summed E-state index contributed by atoms with van der Waals surface area (Å²) in [5, 5.41) is 0. The predicted octanol–water partition coefficient (Wildman–Crippen LogP) is 11.7. The molecule has 3 nitrogen and oxygen atoms in total. The minimum absolute atomic E-state index is 0.460. The third kappa shape index (κ3) is 12.2. The van der Waals surface area contributed by atoms with E-state index in [1.54, 1.807) is 22.7 Å². The fourth-order valence-electron chi connectivity index (χ4n) is 5.70. The van der Waals surface area contributed by atoms with Gasteiger partial charge in [-0.25, -0.2) is 9.59 Å². The average molecular weight is 599 g/mol. The van der Waals surface area contributed by atoms with Gasteiger partial charge in [0.1, 0.15) is 0 Å². The molecule has 0 fully saturated rings. The van der Waals surface area contributed by atoms with Crippen molar-refractivity contribution in [2.45, 2.75) is 155 Å². The van der Waals surface area contributed by atoms with Gasteiger partial charge in [0.2, 0.25) is 0 Å². The molecule has 0 bridgehead atoms. The molecule has 228 valence electrons. The van der Waals surface area contributed by atoms with E-state index in [1.807, 2.05) is 12.1 Å². The van der Waals surface area contributed by atoms with E-state index in [2.05, 4.69) is 26.0 Å². The Morgan fingerprint density at radius 3 is 1.12 bits per heavy atom. The van der Waals surface area contributed by atoms with Crippen LogP contribution in [-0.2, 0) is 27.2 Å². The molecule has 3 rings (SSSR count). The van der Waals surface area contributed by atoms with Crippen LogP contribution in [0.5, 0.6) is 0 Å². The quantitative estimate of drug-likeness (QED) is 0.0686. The van der Waals surface area contributed by atoms with Crippen molar-refractivity contribution in [2.75, 3.05) is 0 Å². The molecule has 3 heterocycles. The Morgan fingerprint density at radius 2 is 0.780 bits per heavy atom. The van der Waals surface area contributed by atoms with Crippen molar-refractivity contribution in [2.24, 2.45) is 0 Å². The first-order valence-electron chi connectivity index (χ1n) is 16.8. The molecule has 2 aromatic heterocycles. The van der Waals surface area contributed by atoms with Gasteiger partial charge in [-0.2, -0.15) is 0 Å². The summed E-state index contributed by atoms with van der Waals surface area (Å²) in [4.78, 5) is 29.7. The first-order chi connectivity index (χ1) is 20.1. The number of thiophene rings is 2. The highest BCUT2D eigenvalue weighted by Crippen LogP contribution is 2.39. The first-order valence-corrected chi connectivity index (χ1v) is 18.5. The van der Waals surface area contributed by atoms with Crippen molar-refractivity contribution in [3.63, 3.8) is 0 Å². The van der Waals surface area contributed by atoms with Gasteiger partial charge in [0.05, 0.1) is 11.1 Å². The summed E-state index contributed by atoms with van der Waals surface area (Å²) in [6.45, 7) is 4.54. The van der Waals surface area contributed by atoms with E-state index < -0.39 is 11.9 Å². The van der Waals surface area contributed by atoms with Gasteiger partial charge >= 0.3 is 11.9 Å². The molecule has 0 atom stereocenters. The van der Waals surface area contributed by atoms with Gasteiger partial charge in [-0.3, -0.25) is 0 Å². The second kappa shape index (κ2) is 20.2. The fourth-order valence-corrected chi connectivity index (χ4v) is 7.88. The molecule has 41 heavy (non-hydrogen) atoms. The van der Waals surface area contributed by atoms with Gasteiger partial charge in [-0.15, -0.1) is 22.7 Å². The van der Waals surface area contributed by atoms with E-state index in [0.717, 1.165) is 22.6 Å². The highest BCUT2D eigenvalue weighted by atomic mass is 32.1. The van der Waals surface area contributed by atoms with E-state index in [0.29, 0.717) is 11.1 Å². The van der Waals surface area contributed by atoms with Crippen LogP contribution < -0.4 is 0 Å². The molecule has 1 aliphatic rings. The third-order valence-electron chi connectivity index (χ3n) is 8.21. The summed E-state index contributed by atoms with van der Waals surface area (Å²) in [6.07, 6.45) is 28.7. The number of esters is 2. The number of rotatable bonds is 24. The van der Waals surface area contributed by atoms with E-state index in [4.69, 9.17) is 4.74 Å². The molecule has 0 N–H and O–H groups in total. The maximum atomic E-state index is 12.7. The SMILES string of the molecule is CCCCCCCCCCCCc1ccc(C2=C(c3ccc(CCCCCCCCCCCC)s3)C(=O)OC2=O)s1. The van der Waals surface area contributed by atoms with Gasteiger partial charge in [-0.1, -0.05) is 129 Å². The van der Waals surface area contributed by atoms with E-state index in [-0.39, 0.29) is 0 Å². The minimum Gasteiger partial charge on any atom is -0.386 e. The van der Waals surface area contributed by atoms with Gasteiger partial charge in [0.25, 0.3) is 0 Å². The van der Waals surface area contributed by atoms with Crippen LogP contribution in [0.15, 0.2) is 24.3 Å². The van der Waals surface area contributed by atoms with Gasteiger partial charge in [0, 0.05) is 19.5 Å². The van der Waals surface area contributed by atoms with Crippen molar-refractivity contribution in [1.29, 1.82) is 0 Å². The number of ether oxygens (including phenoxy) is 1. The number of carbonyl (C=O) groups excluding carboxylic acids is 2. The Balaban J connectivity index is 1.42. The Labute approximate surface area is 258 Å². The van der Waals surface area contributed by atoms with Crippen LogP contribution in [0.4, 0.5) is 0 Å². The topological polar surface area (TPSA) is 43.4 Å². The van der Waals surface area contributed by atoms with Crippen LogP contribution in [0.1, 0.15) is 162 Å². The summed E-state index contributed by atoms with van der Waals surface area (Å²) in [7, 11) is 0. The van der Waals surface area contributed by atoms with Crippen LogP contribution >= 0.6 is 22.7 Å². The normalized spacial score (nSPS) is 13.5. The summed E-state index contributed by atoms with van der Waals surface area (Å²) < 4.78 is 5.11. The number of hydrogen-bond acceptors (Lipinski definition) is 5. The van der Waals surface area contributed by atoms with E-state index >= 15 is 0 Å². The van der Waals surface area contributed by atoms with E-state index in [9.17, 15) is 9.59 Å². The molecular weight excluding hydrogens is 545 g/mol. The van der Waals surface area contributed by atoms with Crippen molar-refractivity contribution >= 4 is 45.8 Å². The highest BCUT2D eigenvalue weighted by Gasteiger charge is 2.36. The molecule has 0 spiro atoms. The summed E-state index contributed by atoms with van der Waals surface area (Å²) in [6, 6.07) is 8.26. The molecule has 1 aliphatic heterocycles. The minimum atomic E-state index is -0.498. The molecule has 0 saturated heterocycles. The smallest absolute Gasteiger partial charge is 0.348 e. The van der Waals surface area contributed by atoms with Crippen LogP contribution in [0.2, 0.25) is 0 Å². The summed E-state index contributed by atoms with van der Waals surface area (Å²) >= 11 is 3.29. The Hall–Kier alpha value is -1.72. The lowest BCUT2D eigenvalue weighted by Crippen LogP contribution is -2.01. The average Bonchev–Trinajstić information content (AvgIpc) is 3.69. The molecular formula is C36H54O3S2. The standard InChI is InChI=1S/C36H54O3S2/c1-3-5-7-9-11-13-15-17-19-21-23-29-25-27-31(40-29)33-34(36(38)39-35(33)37)32-28-26-30(41-32)24-22-20-18-16-14-12-10-8-6-4-2/h25-28H,3-24H2,1-2H3. The summed E-state index contributed by atoms with van der Waals surface area (Å²) in [5.74, 6) is -0.996. The predicted molar refractivity (Wildman–Crippen MR) is 178 cm³/mol. The molecule has 0 amide bonds. The van der Waals surface area contributed by atoms with Gasteiger partial charge in [-0.05, 0) is 49.9 Å². The number of aryl methyl sites for hydroxylation is 2. The number of cyclic esters (lactones) is 2. The Morgan fingerprint density at radius 1 is 0.463 bits per heavy atom. The molecule has 0 radical (unpaired) electrons. The maximum absolute atomic E-state index is 12.7. The monoisotopic (exact) mass is 598 g/mol. The van der Waals surface area contributed by atoms with Gasteiger partial charge in [0.15, 0.2) is 0 Å². The number of hydrogen-bond donors (Lipinski definition) is 0. The van der Waals surface area contributed by atoms with Crippen molar-refractivity contribution in [3.8, 4) is 0 Å². The lowest BCUT2D eigenvalue weighted by Gasteiger charge is -2.02. The highest BCUT2D eigenvalue weighted by molar-refractivity contribution is 7.15. The van der Waals surface area contributed by atoms with Gasteiger partial charge < -0.3 is 4.74 Å². The van der Waals surface area contributed by atoms with Crippen molar-refractivity contribution in [1.82, 2.24) is 0 Å². The summed E-state index contributed by atoms with van der Waals surface area (Å²) in [5.41, 5.74) is 0.920. The lowest BCUT2D eigenvalue weighted by atomic mass is 10.1. The largest absolute Gasteiger partial charge is 0.386 e. The van der Waals surface area contributed by atoms with Crippen LogP contribution in [0.25, 0.3) is 11.1 Å². The Bertz CT molecular complexity index is 978. The second-order valence-corrected chi connectivity index (χ2v) is 14.2. The zero-order chi connectivity index (χ0) is 29.1. The molecule has 0 aromatic carbocycles. The molecule has 2 aromatic rings. The lowest BCUT2D eigenvalue weighted by molar-refractivity contribution is -0.149. The maximum Gasteiger partial charge on any atom is 0.348 e. The second-order valence-electron chi connectivity index (χ2n) is 11.8. The first kappa shape index (κ1) is 33.8. The fraction of sp³-hybridized carbons (Fsp3) is 0.667. The van der Waals surface area contributed by atoms with Crippen LogP contribution in [0, 0.1) is 0 Å². The number of carbonyl (C=O) groups is 2. The molecule has 5 heteroatoms. The zero-order valence-corrected chi connectivity index (χ0v) is 27.5. The zero-order valence-electron chi connectivity index (χ0n) is 25.9. The van der Waals surface area contributed by atoms with Crippen molar-refractivity contribution < 1.29 is 14.3 Å².